The summed E-state index contributed by atoms with van der Waals surface area (Å²) in [5.41, 5.74) is 6.01. The largest absolute Gasteiger partial charge is 0.352 e. The van der Waals surface area contributed by atoms with Gasteiger partial charge in [-0.2, -0.15) is 4.31 Å². The second-order valence-corrected chi connectivity index (χ2v) is 7.65. The molecule has 0 bridgehead atoms. The van der Waals surface area contributed by atoms with Gasteiger partial charge in [0, 0.05) is 26.1 Å². The molecule has 1 amide bonds. The van der Waals surface area contributed by atoms with E-state index in [0.29, 0.717) is 42.9 Å². The lowest BCUT2D eigenvalue weighted by Crippen LogP contribution is -2.36. The minimum absolute atomic E-state index is 0. The monoisotopic (exact) mass is 375 g/mol. The summed E-state index contributed by atoms with van der Waals surface area (Å²) in [7, 11) is -3.50. The Balaban J connectivity index is 0.00000288. The summed E-state index contributed by atoms with van der Waals surface area (Å²) in [6, 6.07) is 6.87. The summed E-state index contributed by atoms with van der Waals surface area (Å²) < 4.78 is 27.2. The van der Waals surface area contributed by atoms with E-state index in [9.17, 15) is 13.2 Å². The molecule has 2 rings (SSSR count). The minimum Gasteiger partial charge on any atom is -0.352 e. The van der Waals surface area contributed by atoms with Crippen LogP contribution in [0.3, 0.4) is 0 Å². The lowest BCUT2D eigenvalue weighted by atomic mass is 10.2. The van der Waals surface area contributed by atoms with Crippen LogP contribution in [0.2, 0.25) is 0 Å². The second-order valence-electron chi connectivity index (χ2n) is 5.74. The van der Waals surface area contributed by atoms with Crippen molar-refractivity contribution < 1.29 is 13.2 Å². The molecule has 1 saturated heterocycles. The molecule has 0 saturated carbocycles. The number of nitrogens with zero attached hydrogens (tertiary/aromatic N) is 1. The van der Waals surface area contributed by atoms with Gasteiger partial charge < -0.3 is 11.1 Å². The maximum absolute atomic E-state index is 12.8. The molecule has 6 nitrogen and oxygen atoms in total. The van der Waals surface area contributed by atoms with Gasteiger partial charge in [-0.05, 0) is 37.4 Å². The second kappa shape index (κ2) is 9.98. The van der Waals surface area contributed by atoms with Crippen molar-refractivity contribution in [3.05, 3.63) is 29.8 Å². The van der Waals surface area contributed by atoms with Gasteiger partial charge in [-0.1, -0.05) is 24.6 Å². The molecule has 0 spiro atoms. The molecule has 24 heavy (non-hydrogen) atoms. The van der Waals surface area contributed by atoms with E-state index in [4.69, 9.17) is 5.73 Å². The van der Waals surface area contributed by atoms with Crippen LogP contribution in [0.25, 0.3) is 0 Å². The average molecular weight is 376 g/mol. The first-order valence-electron chi connectivity index (χ1n) is 8.10. The van der Waals surface area contributed by atoms with E-state index in [1.54, 1.807) is 28.6 Å². The molecule has 0 aromatic heterocycles. The van der Waals surface area contributed by atoms with Crippen molar-refractivity contribution in [3.8, 4) is 0 Å². The maximum atomic E-state index is 12.8. The highest BCUT2D eigenvalue weighted by atomic mass is 35.5. The van der Waals surface area contributed by atoms with Gasteiger partial charge >= 0.3 is 0 Å². The number of nitrogens with one attached hydrogen (secondary N) is 1. The first-order valence-corrected chi connectivity index (χ1v) is 9.54. The van der Waals surface area contributed by atoms with Gasteiger partial charge in [-0.25, -0.2) is 8.42 Å². The predicted molar refractivity (Wildman–Crippen MR) is 96.4 cm³/mol. The number of carbonyl (C=O) groups excluding carboxylic acids is 1. The fraction of sp³-hybridized carbons (Fsp3) is 0.562. The van der Waals surface area contributed by atoms with Crippen LogP contribution in [-0.2, 0) is 21.4 Å². The molecule has 8 heteroatoms. The molecule has 136 valence electrons. The number of hydrogen-bond donors (Lipinski definition) is 2. The van der Waals surface area contributed by atoms with Crippen LogP contribution in [0, 0.1) is 0 Å². The van der Waals surface area contributed by atoms with Crippen LogP contribution in [0.15, 0.2) is 29.2 Å². The van der Waals surface area contributed by atoms with Crippen LogP contribution in [0.1, 0.15) is 37.7 Å². The third kappa shape index (κ3) is 5.44. The molecule has 3 N–H and O–H groups in total. The third-order valence-corrected chi connectivity index (χ3v) is 5.99. The van der Waals surface area contributed by atoms with Gasteiger partial charge in [0.1, 0.15) is 0 Å². The number of nitrogens with two attached hydrogens (primary N) is 1. The zero-order chi connectivity index (χ0) is 16.7. The molecule has 1 aromatic carbocycles. The Morgan fingerprint density at radius 3 is 2.50 bits per heavy atom. The Kier molecular flexibility index (Phi) is 8.69. The Labute approximate surface area is 150 Å². The zero-order valence-corrected chi connectivity index (χ0v) is 15.4. The third-order valence-electron chi connectivity index (χ3n) is 3.99. The van der Waals surface area contributed by atoms with Crippen LogP contribution in [-0.4, -0.2) is 38.3 Å². The molecular formula is C16H26ClN3O3S. The van der Waals surface area contributed by atoms with Crippen LogP contribution in [0.5, 0.6) is 0 Å². The molecule has 0 radical (unpaired) electrons. The van der Waals surface area contributed by atoms with E-state index in [1.807, 2.05) is 0 Å². The topological polar surface area (TPSA) is 92.5 Å². The van der Waals surface area contributed by atoms with Gasteiger partial charge in [0.05, 0.1) is 4.90 Å². The number of sulfonamides is 1. The number of amides is 1. The highest BCUT2D eigenvalue weighted by Gasteiger charge is 2.27. The van der Waals surface area contributed by atoms with E-state index < -0.39 is 10.0 Å². The van der Waals surface area contributed by atoms with Crippen molar-refractivity contribution in [2.75, 3.05) is 19.6 Å². The molecule has 0 unspecified atom stereocenters. The smallest absolute Gasteiger partial charge is 0.243 e. The Bertz CT molecular complexity index is 631. The highest BCUT2D eigenvalue weighted by molar-refractivity contribution is 7.89. The summed E-state index contributed by atoms with van der Waals surface area (Å²) in [4.78, 5) is 12.0. The first kappa shape index (κ1) is 20.9. The van der Waals surface area contributed by atoms with Gasteiger partial charge in [0.2, 0.25) is 15.9 Å². The number of benzene rings is 1. The summed E-state index contributed by atoms with van der Waals surface area (Å²) in [5, 5.41) is 2.77. The number of hydrogen-bond acceptors (Lipinski definition) is 4. The molecule has 1 fully saturated rings. The van der Waals surface area contributed by atoms with Crippen LogP contribution >= 0.6 is 12.4 Å². The minimum atomic E-state index is -3.50. The molecule has 1 aliphatic heterocycles. The number of halogens is 1. The lowest BCUT2D eigenvalue weighted by molar-refractivity contribution is -0.121. The summed E-state index contributed by atoms with van der Waals surface area (Å²) in [6.45, 7) is 1.82. The summed E-state index contributed by atoms with van der Waals surface area (Å²) >= 11 is 0. The number of rotatable bonds is 7. The van der Waals surface area contributed by atoms with Crippen molar-refractivity contribution in [1.29, 1.82) is 0 Å². The first-order chi connectivity index (χ1) is 11.1. The van der Waals surface area contributed by atoms with Gasteiger partial charge in [-0.15, -0.1) is 12.4 Å². The molecule has 0 aliphatic carbocycles. The number of carbonyl (C=O) groups is 1. The standard InChI is InChI=1S/C16H25N3O3S.ClH/c17-10-6-9-16(20)18-13-14-7-2-3-8-15(14)23(21,22)19-11-4-1-5-12-19;/h2-3,7-8H,1,4-6,9-13,17H2,(H,18,20);1H. The van der Waals surface area contributed by atoms with Crippen molar-refractivity contribution in [2.24, 2.45) is 5.73 Å². The Morgan fingerprint density at radius 1 is 1.17 bits per heavy atom. The fourth-order valence-electron chi connectivity index (χ4n) is 2.69. The molecular weight excluding hydrogens is 350 g/mol. The predicted octanol–water partition coefficient (Wildman–Crippen LogP) is 1.64. The Morgan fingerprint density at radius 2 is 1.83 bits per heavy atom. The zero-order valence-electron chi connectivity index (χ0n) is 13.7. The molecule has 0 atom stereocenters. The maximum Gasteiger partial charge on any atom is 0.243 e. The van der Waals surface area contributed by atoms with Gasteiger partial charge in [0.15, 0.2) is 0 Å². The van der Waals surface area contributed by atoms with E-state index >= 15 is 0 Å². The van der Waals surface area contributed by atoms with E-state index in [2.05, 4.69) is 5.32 Å². The van der Waals surface area contributed by atoms with E-state index in [1.165, 1.54) is 0 Å². The van der Waals surface area contributed by atoms with Gasteiger partial charge in [0.25, 0.3) is 0 Å². The summed E-state index contributed by atoms with van der Waals surface area (Å²) in [5.74, 6) is -0.111. The van der Waals surface area contributed by atoms with Gasteiger partial charge in [-0.3, -0.25) is 4.79 Å². The van der Waals surface area contributed by atoms with Crippen molar-refractivity contribution >= 4 is 28.3 Å². The SMILES string of the molecule is Cl.NCCCC(=O)NCc1ccccc1S(=O)(=O)N1CCCCC1. The number of piperidine rings is 1. The summed E-state index contributed by atoms with van der Waals surface area (Å²) in [6.07, 6.45) is 3.86. The molecule has 1 aromatic rings. The van der Waals surface area contributed by atoms with E-state index in [0.717, 1.165) is 19.3 Å². The van der Waals surface area contributed by atoms with Crippen LogP contribution in [0.4, 0.5) is 0 Å². The normalized spacial score (nSPS) is 15.5. The van der Waals surface area contributed by atoms with Crippen molar-refractivity contribution in [3.63, 3.8) is 0 Å². The highest BCUT2D eigenvalue weighted by Crippen LogP contribution is 2.23. The average Bonchev–Trinajstić information content (AvgIpc) is 2.59. The quantitative estimate of drug-likeness (QED) is 0.757. The lowest BCUT2D eigenvalue weighted by Gasteiger charge is -2.26. The van der Waals surface area contributed by atoms with Crippen molar-refractivity contribution in [2.45, 2.75) is 43.5 Å². The fourth-order valence-corrected chi connectivity index (χ4v) is 4.43. The van der Waals surface area contributed by atoms with Crippen LogP contribution < -0.4 is 11.1 Å². The van der Waals surface area contributed by atoms with E-state index in [-0.39, 0.29) is 24.9 Å². The Hall–Kier alpha value is -1.15. The molecule has 1 heterocycles. The van der Waals surface area contributed by atoms with Crippen molar-refractivity contribution in [1.82, 2.24) is 9.62 Å². The molecule has 1 aliphatic rings.